The monoisotopic (exact) mass is 219 g/mol. The van der Waals surface area contributed by atoms with Crippen molar-refractivity contribution in [1.29, 1.82) is 0 Å². The lowest BCUT2D eigenvalue weighted by molar-refractivity contribution is -0.115. The molecule has 5 heteroatoms. The molecule has 0 fully saturated rings. The van der Waals surface area contributed by atoms with Gasteiger partial charge in [-0.2, -0.15) is 8.42 Å². The van der Waals surface area contributed by atoms with Crippen LogP contribution in [0.15, 0.2) is 12.2 Å². The summed E-state index contributed by atoms with van der Waals surface area (Å²) in [6.45, 7) is 6.70. The van der Waals surface area contributed by atoms with Gasteiger partial charge in [-0.1, -0.05) is 19.9 Å². The molecule has 0 aliphatic rings. The first kappa shape index (κ1) is 13.3. The Balaban J connectivity index is 4.55. The third-order valence-electron chi connectivity index (χ3n) is 1.73. The molecule has 4 nitrogen and oxygen atoms in total. The first-order chi connectivity index (χ1) is 6.29. The van der Waals surface area contributed by atoms with E-state index in [0.29, 0.717) is 12.0 Å². The Morgan fingerprint density at radius 2 is 1.93 bits per heavy atom. The molecule has 81 valence electrons. The number of allylic oxidation sites excluding steroid dienone is 1. The zero-order chi connectivity index (χ0) is 11.4. The van der Waals surface area contributed by atoms with Crippen LogP contribution in [0.5, 0.6) is 0 Å². The summed E-state index contributed by atoms with van der Waals surface area (Å²) in [5.41, 5.74) is 0.294. The van der Waals surface area contributed by atoms with Crippen molar-refractivity contribution in [2.24, 2.45) is 0 Å². The smallest absolute Gasteiger partial charge is 0.272 e. The molecule has 1 N–H and O–H groups in total. The van der Waals surface area contributed by atoms with E-state index in [0.717, 1.165) is 0 Å². The van der Waals surface area contributed by atoms with E-state index in [4.69, 9.17) is 4.55 Å². The van der Waals surface area contributed by atoms with Gasteiger partial charge in [0.15, 0.2) is 5.78 Å². The summed E-state index contributed by atoms with van der Waals surface area (Å²) >= 11 is 0. The zero-order valence-corrected chi connectivity index (χ0v) is 9.23. The first-order valence-corrected chi connectivity index (χ1v) is 5.74. The maximum absolute atomic E-state index is 11.2. The van der Waals surface area contributed by atoms with Crippen molar-refractivity contribution in [2.75, 3.05) is 0 Å². The first-order valence-electron chi connectivity index (χ1n) is 4.30. The second-order valence-corrected chi connectivity index (χ2v) is 4.67. The number of hydrogen-bond acceptors (Lipinski definition) is 3. The van der Waals surface area contributed by atoms with Crippen LogP contribution >= 0.6 is 0 Å². The molecule has 0 saturated carbocycles. The number of rotatable bonds is 6. The molecule has 0 bridgehead atoms. The van der Waals surface area contributed by atoms with Crippen LogP contribution in [0, 0.1) is 5.25 Å². The van der Waals surface area contributed by atoms with E-state index in [-0.39, 0.29) is 23.9 Å². The largest absolute Gasteiger partial charge is 0.295 e. The molecule has 0 spiro atoms. The average Bonchev–Trinajstić information content (AvgIpc) is 2.01. The Kier molecular flexibility index (Phi) is 5.01. The Hall–Kier alpha value is -0.680. The van der Waals surface area contributed by atoms with Crippen LogP contribution in [0.4, 0.5) is 0 Å². The zero-order valence-electron chi connectivity index (χ0n) is 8.41. The normalized spacial score (nSPS) is 11.7. The van der Waals surface area contributed by atoms with Crippen molar-refractivity contribution in [2.45, 2.75) is 33.1 Å². The molecule has 0 aliphatic heterocycles. The quantitative estimate of drug-likeness (QED) is 0.545. The van der Waals surface area contributed by atoms with Gasteiger partial charge in [-0.05, 0) is 18.9 Å². The number of hydrogen-bond donors (Lipinski definition) is 1. The highest BCUT2D eigenvalue weighted by atomic mass is 32.2. The Bertz CT molecular complexity index is 316. The number of Topliss-reactive ketones (excluding diaryl/α,β-unsaturated/α-hetero) is 1. The molecular weight excluding hydrogens is 204 g/mol. The fraction of sp³-hybridized carbons (Fsp3) is 0.556. The summed E-state index contributed by atoms with van der Waals surface area (Å²) in [6, 6.07) is 0. The van der Waals surface area contributed by atoms with Gasteiger partial charge in [0.1, 0.15) is 5.25 Å². The lowest BCUT2D eigenvalue weighted by atomic mass is 10.1. The molecule has 0 aliphatic carbocycles. The van der Waals surface area contributed by atoms with E-state index in [9.17, 15) is 13.2 Å². The van der Waals surface area contributed by atoms with Gasteiger partial charge in [-0.25, -0.2) is 0 Å². The van der Waals surface area contributed by atoms with Crippen molar-refractivity contribution < 1.29 is 17.8 Å². The third kappa shape index (κ3) is 4.53. The number of ketones is 1. The van der Waals surface area contributed by atoms with Crippen molar-refractivity contribution in [3.8, 4) is 0 Å². The molecule has 0 aromatic carbocycles. The van der Waals surface area contributed by atoms with Gasteiger partial charge in [-0.15, -0.1) is 0 Å². The molecule has 0 rings (SSSR count). The van der Waals surface area contributed by atoms with Crippen LogP contribution in [-0.2, 0) is 14.9 Å². The molecule has 0 saturated heterocycles. The van der Waals surface area contributed by atoms with Crippen LogP contribution in [-0.4, -0.2) is 18.8 Å². The standard InChI is InChI=1S/C9H15O4S/c1-4-5-8(14(11,12)13)6-9(10)7(2)3/h2,4-6H2,1,3H3,(H,11,12,13). The lowest BCUT2D eigenvalue weighted by Gasteiger charge is -2.10. The Morgan fingerprint density at radius 1 is 1.43 bits per heavy atom. The van der Waals surface area contributed by atoms with Crippen LogP contribution in [0.2, 0.25) is 0 Å². The fourth-order valence-electron chi connectivity index (χ4n) is 0.917. The summed E-state index contributed by atoms with van der Waals surface area (Å²) in [5, 5.41) is -0.131. The molecule has 0 unspecified atom stereocenters. The molecule has 0 atom stereocenters. The van der Waals surface area contributed by atoms with Crippen molar-refractivity contribution in [1.82, 2.24) is 0 Å². The number of carbonyl (C=O) groups is 1. The van der Waals surface area contributed by atoms with Gasteiger partial charge in [0.2, 0.25) is 0 Å². The minimum atomic E-state index is -4.20. The second-order valence-electron chi connectivity index (χ2n) is 3.14. The highest BCUT2D eigenvalue weighted by molar-refractivity contribution is 7.88. The summed E-state index contributed by atoms with van der Waals surface area (Å²) in [7, 11) is -4.20. The van der Waals surface area contributed by atoms with Crippen LogP contribution in [0.25, 0.3) is 0 Å². The summed E-state index contributed by atoms with van der Waals surface area (Å²) in [6.07, 6.45) is 0.512. The molecular formula is C9H15O4S. The van der Waals surface area contributed by atoms with Crippen molar-refractivity contribution >= 4 is 15.9 Å². The maximum Gasteiger partial charge on any atom is 0.272 e. The molecule has 0 aromatic rings. The highest BCUT2D eigenvalue weighted by Crippen LogP contribution is 2.21. The van der Waals surface area contributed by atoms with E-state index in [1.807, 2.05) is 0 Å². The predicted molar refractivity (Wildman–Crippen MR) is 54.1 cm³/mol. The summed E-state index contributed by atoms with van der Waals surface area (Å²) in [5.74, 6) is -0.355. The van der Waals surface area contributed by atoms with E-state index in [2.05, 4.69) is 6.58 Å². The van der Waals surface area contributed by atoms with E-state index >= 15 is 0 Å². The van der Waals surface area contributed by atoms with Crippen LogP contribution in [0.3, 0.4) is 0 Å². The van der Waals surface area contributed by atoms with Gasteiger partial charge < -0.3 is 0 Å². The van der Waals surface area contributed by atoms with Crippen LogP contribution < -0.4 is 0 Å². The van der Waals surface area contributed by atoms with E-state index in [1.165, 1.54) is 6.92 Å². The summed E-state index contributed by atoms with van der Waals surface area (Å²) < 4.78 is 30.4. The molecule has 14 heavy (non-hydrogen) atoms. The predicted octanol–water partition coefficient (Wildman–Crippen LogP) is 1.74. The highest BCUT2D eigenvalue weighted by Gasteiger charge is 2.26. The SMILES string of the molecule is C=C(C)C(=O)C[C](CCC)S(=O)(=O)O. The van der Waals surface area contributed by atoms with Gasteiger partial charge in [0.05, 0.1) is 0 Å². The Morgan fingerprint density at radius 3 is 2.21 bits per heavy atom. The molecule has 0 amide bonds. The van der Waals surface area contributed by atoms with Gasteiger partial charge in [-0.3, -0.25) is 9.35 Å². The fourth-order valence-corrected chi connectivity index (χ4v) is 1.69. The minimum absolute atomic E-state index is 0.131. The topological polar surface area (TPSA) is 71.4 Å². The maximum atomic E-state index is 11.2. The van der Waals surface area contributed by atoms with Crippen molar-refractivity contribution in [3.05, 3.63) is 17.4 Å². The lowest BCUT2D eigenvalue weighted by Crippen LogP contribution is -2.16. The van der Waals surface area contributed by atoms with Crippen molar-refractivity contribution in [3.63, 3.8) is 0 Å². The molecule has 0 heterocycles. The van der Waals surface area contributed by atoms with E-state index < -0.39 is 10.1 Å². The van der Waals surface area contributed by atoms with E-state index in [1.54, 1.807) is 6.92 Å². The third-order valence-corrected chi connectivity index (χ3v) is 2.81. The average molecular weight is 219 g/mol. The Labute approximate surface area is 84.8 Å². The minimum Gasteiger partial charge on any atom is -0.295 e. The van der Waals surface area contributed by atoms with Gasteiger partial charge in [0, 0.05) is 6.42 Å². The second kappa shape index (κ2) is 5.26. The molecule has 1 radical (unpaired) electrons. The van der Waals surface area contributed by atoms with Crippen LogP contribution in [0.1, 0.15) is 33.1 Å². The van der Waals surface area contributed by atoms with Gasteiger partial charge >= 0.3 is 0 Å². The molecule has 0 aromatic heterocycles. The summed E-state index contributed by atoms with van der Waals surface area (Å²) in [4.78, 5) is 11.2. The number of carbonyl (C=O) groups excluding carboxylic acids is 1. The van der Waals surface area contributed by atoms with Gasteiger partial charge in [0.25, 0.3) is 10.1 Å².